The van der Waals surface area contributed by atoms with Crippen molar-refractivity contribution in [3.05, 3.63) is 96.8 Å². The lowest BCUT2D eigenvalue weighted by molar-refractivity contribution is -0.142. The summed E-state index contributed by atoms with van der Waals surface area (Å²) in [6.45, 7) is 32.3. The number of nitriles is 1. The second kappa shape index (κ2) is 35.7. The van der Waals surface area contributed by atoms with E-state index in [9.17, 15) is 52.7 Å². The van der Waals surface area contributed by atoms with E-state index < -0.39 is 0 Å². The lowest BCUT2D eigenvalue weighted by Gasteiger charge is -2.30. The van der Waals surface area contributed by atoms with Crippen molar-refractivity contribution in [3.8, 4) is 6.07 Å². The Balaban J connectivity index is 0.000000265. The molecule has 0 aromatic carbocycles. The number of rotatable bonds is 4. The Morgan fingerprint density at radius 1 is 0.593 bits per heavy atom. The first-order valence-corrected chi connectivity index (χ1v) is 31.8. The van der Waals surface area contributed by atoms with Crippen LogP contribution in [-0.2, 0) is 56.7 Å². The van der Waals surface area contributed by atoms with E-state index >= 15 is 0 Å². The second-order valence-corrected chi connectivity index (χ2v) is 26.5. The molecule has 91 heavy (non-hydrogen) atoms. The fourth-order valence-corrected chi connectivity index (χ4v) is 10.2. The Morgan fingerprint density at radius 3 is 1.34 bits per heavy atom. The molecule has 7 saturated carbocycles. The van der Waals surface area contributed by atoms with Gasteiger partial charge in [-0.1, -0.05) is 43.2 Å². The van der Waals surface area contributed by atoms with E-state index in [2.05, 4.69) is 25.7 Å². The van der Waals surface area contributed by atoms with E-state index in [1.165, 1.54) is 23.1 Å². The predicted octanol–water partition coefficient (Wildman–Crippen LogP) is 11.4. The van der Waals surface area contributed by atoms with Gasteiger partial charge in [0.2, 0.25) is 0 Å². The number of hydrogen-bond donors (Lipinski definition) is 2. The topological polar surface area (TPSA) is 331 Å². The molecule has 7 fully saturated rings. The number of aryl methyl sites for hydroxylation is 9. The van der Waals surface area contributed by atoms with Crippen molar-refractivity contribution in [1.29, 1.82) is 5.26 Å². The van der Waals surface area contributed by atoms with Crippen LogP contribution in [0.15, 0.2) is 54.1 Å². The highest BCUT2D eigenvalue weighted by Crippen LogP contribution is 2.42. The number of H-pyrrole nitrogens is 2. The van der Waals surface area contributed by atoms with E-state index in [1.54, 1.807) is 91.2 Å². The first-order valence-electron chi connectivity index (χ1n) is 31.8. The van der Waals surface area contributed by atoms with Crippen LogP contribution in [0, 0.1) is 118 Å². The minimum absolute atomic E-state index is 0.0463. The highest BCUT2D eigenvalue weighted by Gasteiger charge is 2.45. The Morgan fingerprint density at radius 2 is 1.03 bits per heavy atom. The summed E-state index contributed by atoms with van der Waals surface area (Å²) in [5.41, 5.74) is 4.72. The number of aromatic amines is 2. The van der Waals surface area contributed by atoms with Gasteiger partial charge in [0.1, 0.15) is 69.5 Å². The molecule has 2 bridgehead atoms. The molecular weight excluding hydrogens is 1160 g/mol. The standard InChI is InChI=1S/C9H12O2.2C9H14O2.2C7H9NO.C7H10O2.C6H10N2O.C5H8N2O.2C5H7NO/c1-5-8(10)6-2-3-7(4-6)9(5)11;1-6-7(10)4-9(2,3)5-8(6)11;1-6-7(10)4-5-9(2,3)8(6)11;1-5-4-8-9-7(5)6-2-3-6;1-5(4-8)7(9)6-2-3-6;1-5-6(8)3-2-4-7(5)9;1-3-8-6(9)5(2)4-7-8;1-4-3-6-7(2)5(4)8;2*1-4-3-6-7-5(4)2/h5-7H,2-4H2,1H3;2*6H,4-5H2,1-3H3;4,6H,2-3H2,1H3;5-6H,2-3H2,1H3;5H,2-4H2,1H3;4,7H,3H2,1-2H3;3,6H,1-2H3;2*3H,1-2H3. The molecule has 7 aliphatic rings. The van der Waals surface area contributed by atoms with Crippen molar-refractivity contribution in [1.82, 2.24) is 35.0 Å². The third kappa shape index (κ3) is 24.4. The molecule has 5 aromatic heterocycles. The maximum atomic E-state index is 11.4. The molecule has 0 radical (unpaired) electrons. The quantitative estimate of drug-likeness (QED) is 0.158. The number of nitrogens with zero attached hydrogens (tertiary/aromatic N) is 6. The van der Waals surface area contributed by atoms with Gasteiger partial charge < -0.3 is 23.8 Å². The normalized spacial score (nSPS) is 21.4. The monoisotopic (exact) mass is 1260 g/mol. The Labute approximate surface area is 535 Å². The van der Waals surface area contributed by atoms with Crippen LogP contribution in [0.25, 0.3) is 0 Å². The van der Waals surface area contributed by atoms with Crippen LogP contribution in [0.5, 0.6) is 0 Å². The maximum absolute atomic E-state index is 11.4. The molecule has 4 unspecified atom stereocenters. The highest BCUT2D eigenvalue weighted by atomic mass is 16.5. The summed E-state index contributed by atoms with van der Waals surface area (Å²) in [4.78, 5) is 122. The molecule has 0 amide bonds. The van der Waals surface area contributed by atoms with Gasteiger partial charge in [-0.05, 0) is 153 Å². The summed E-state index contributed by atoms with van der Waals surface area (Å²) < 4.78 is 17.5. The van der Waals surface area contributed by atoms with Crippen molar-refractivity contribution in [2.24, 2.45) is 65.2 Å². The molecule has 22 nitrogen and oxygen atoms in total. The molecule has 5 heterocycles. The Hall–Kier alpha value is -7.83. The smallest absolute Gasteiger partial charge is 0.269 e. The number of carbonyl (C=O) groups is 9. The minimum atomic E-state index is -0.377. The van der Waals surface area contributed by atoms with E-state index in [0.717, 1.165) is 84.5 Å². The highest BCUT2D eigenvalue weighted by molar-refractivity contribution is 6.08. The van der Waals surface area contributed by atoms with Gasteiger partial charge in [-0.15, -0.1) is 0 Å². The van der Waals surface area contributed by atoms with Gasteiger partial charge in [0.05, 0.1) is 48.3 Å². The Kier molecular flexibility index (Phi) is 30.4. The van der Waals surface area contributed by atoms with E-state index in [-0.39, 0.29) is 121 Å². The van der Waals surface area contributed by atoms with Gasteiger partial charge in [-0.2, -0.15) is 5.26 Å². The fourth-order valence-electron chi connectivity index (χ4n) is 10.2. The van der Waals surface area contributed by atoms with Crippen molar-refractivity contribution < 1.29 is 56.7 Å². The van der Waals surface area contributed by atoms with Crippen molar-refractivity contribution in [2.45, 2.75) is 220 Å². The molecule has 22 heteroatoms. The third-order valence-corrected chi connectivity index (χ3v) is 17.5. The molecule has 0 saturated heterocycles. The first kappa shape index (κ1) is 77.4. The lowest BCUT2D eigenvalue weighted by atomic mass is 9.71. The molecule has 12 rings (SSSR count). The van der Waals surface area contributed by atoms with Crippen LogP contribution in [0.2, 0.25) is 0 Å². The van der Waals surface area contributed by atoms with Gasteiger partial charge in [-0.25, -0.2) is 0 Å². The van der Waals surface area contributed by atoms with Crippen LogP contribution in [0.4, 0.5) is 0 Å². The molecule has 2 N–H and O–H groups in total. The van der Waals surface area contributed by atoms with E-state index in [0.29, 0.717) is 44.6 Å². The van der Waals surface area contributed by atoms with Crippen LogP contribution >= 0.6 is 0 Å². The molecule has 4 atom stereocenters. The van der Waals surface area contributed by atoms with Crippen molar-refractivity contribution in [2.75, 3.05) is 0 Å². The summed E-state index contributed by atoms with van der Waals surface area (Å²) >= 11 is 0. The summed E-state index contributed by atoms with van der Waals surface area (Å²) in [5, 5.41) is 24.7. The maximum Gasteiger partial charge on any atom is 0.269 e. The predicted molar refractivity (Wildman–Crippen MR) is 341 cm³/mol. The zero-order valence-electron chi connectivity index (χ0n) is 57.1. The minimum Gasteiger partial charge on any atom is -0.361 e. The van der Waals surface area contributed by atoms with Crippen LogP contribution in [0.3, 0.4) is 0 Å². The second-order valence-electron chi connectivity index (χ2n) is 26.5. The molecular formula is C69H100N8O14. The first-order chi connectivity index (χ1) is 42.5. The molecule has 0 spiro atoms. The van der Waals surface area contributed by atoms with E-state index in [1.807, 2.05) is 75.3 Å². The van der Waals surface area contributed by atoms with Gasteiger partial charge in [0, 0.05) is 115 Å². The van der Waals surface area contributed by atoms with Crippen LogP contribution in [0.1, 0.15) is 210 Å². The van der Waals surface area contributed by atoms with Gasteiger partial charge >= 0.3 is 0 Å². The van der Waals surface area contributed by atoms with Gasteiger partial charge in [0.15, 0.2) is 5.78 Å². The largest absolute Gasteiger partial charge is 0.361 e. The average molecular weight is 1270 g/mol. The van der Waals surface area contributed by atoms with E-state index in [4.69, 9.17) is 18.8 Å². The summed E-state index contributed by atoms with van der Waals surface area (Å²) in [6.07, 6.45) is 20.3. The molecule has 7 aliphatic carbocycles. The van der Waals surface area contributed by atoms with Crippen LogP contribution in [-0.4, -0.2) is 87.1 Å². The average Bonchev–Trinajstić information content (AvgIpc) is 1.89. The summed E-state index contributed by atoms with van der Waals surface area (Å²) in [7, 11) is 1.69. The number of fused-ring (bicyclic) bond motifs is 2. The number of ketones is 9. The summed E-state index contributed by atoms with van der Waals surface area (Å²) in [6, 6.07) is 1.94. The van der Waals surface area contributed by atoms with Gasteiger partial charge in [0.25, 0.3) is 11.1 Å². The van der Waals surface area contributed by atoms with Gasteiger partial charge in [-0.3, -0.25) is 62.1 Å². The SMILES string of the molecule is CC(C#N)C(=O)C1CC1.CC1C(=O)C2CCC(C2)C1=O.CC1C(=O)CC(C)(C)CC1=O.CC1C(=O)CCC(C)(C)C1=O.CC1C(=O)CCCC1=O.CCn1[nH]cc(C)c1=O.Cc1c[nH]n(C)c1=O.Cc1cnoc1C.Cc1cnoc1C.Cc1cnoc1C1CC1. The van der Waals surface area contributed by atoms with Crippen molar-refractivity contribution >= 4 is 52.0 Å². The lowest BCUT2D eigenvalue weighted by Crippen LogP contribution is -2.39. The number of aromatic nitrogens is 7. The van der Waals surface area contributed by atoms with Crippen molar-refractivity contribution in [3.63, 3.8) is 0 Å². The number of carbonyl (C=O) groups excluding carboxylic acids is 9. The molecule has 5 aromatic rings. The number of nitrogens with one attached hydrogen (secondary N) is 2. The van der Waals surface area contributed by atoms with Crippen LogP contribution < -0.4 is 11.1 Å². The zero-order valence-corrected chi connectivity index (χ0v) is 57.1. The number of Topliss-reactive ketones (excluding diaryl/α,β-unsaturated/α-hetero) is 9. The third-order valence-electron chi connectivity index (χ3n) is 17.5. The Bertz CT molecular complexity index is 3280. The molecule has 500 valence electrons. The number of hydrogen-bond acceptors (Lipinski definition) is 18. The zero-order chi connectivity index (χ0) is 68.8. The molecule has 0 aliphatic heterocycles. The summed E-state index contributed by atoms with van der Waals surface area (Å²) in [5.74, 6) is 3.81. The fraction of sp³-hybridized carbons (Fsp3) is 0.638.